The van der Waals surface area contributed by atoms with Gasteiger partial charge in [0.25, 0.3) is 0 Å². The van der Waals surface area contributed by atoms with Gasteiger partial charge in [0, 0.05) is 44.7 Å². The third-order valence-electron chi connectivity index (χ3n) is 7.19. The van der Waals surface area contributed by atoms with Gasteiger partial charge in [0.2, 0.25) is 20.0 Å². The Kier molecular flexibility index (Phi) is 11.4. The van der Waals surface area contributed by atoms with Crippen LogP contribution < -0.4 is 20.9 Å². The first-order valence-electron chi connectivity index (χ1n) is 14.5. The zero-order chi connectivity index (χ0) is 34.2. The number of nitrogens with one attached hydrogen (secondary N) is 2. The smallest absolute Gasteiger partial charge is 0.243 e. The second kappa shape index (κ2) is 15.2. The molecule has 6 N–H and O–H groups in total. The van der Waals surface area contributed by atoms with E-state index in [0.29, 0.717) is 42.3 Å². The molecule has 0 saturated carbocycles. The summed E-state index contributed by atoms with van der Waals surface area (Å²) in [6, 6.07) is 26.4. The van der Waals surface area contributed by atoms with Crippen LogP contribution in [0.4, 0.5) is 0 Å². The Balaban J connectivity index is 1.20. The molecule has 0 radical (unpaired) electrons. The second-order valence-corrected chi connectivity index (χ2v) is 14.8. The van der Waals surface area contributed by atoms with E-state index in [1.165, 1.54) is 47.0 Å². The zero-order valence-corrected chi connectivity index (χ0v) is 27.7. The fraction of sp³-hybridized carbons (Fsp3) is 0.212. The molecule has 0 unspecified atom stereocenters. The molecular weight excluding hydrogens is 641 g/mol. The predicted molar refractivity (Wildman–Crippen MR) is 181 cm³/mol. The molecule has 0 fully saturated rings. The lowest BCUT2D eigenvalue weighted by molar-refractivity contribution is 0.247. The van der Waals surface area contributed by atoms with Crippen molar-refractivity contribution in [3.63, 3.8) is 0 Å². The van der Waals surface area contributed by atoms with E-state index in [-0.39, 0.29) is 34.6 Å². The first kappa shape index (κ1) is 35.1. The molecule has 0 aromatic heterocycles. The largest absolute Gasteiger partial charge is 0.493 e. The van der Waals surface area contributed by atoms with Gasteiger partial charge < -0.3 is 20.9 Å². The number of rotatable bonds is 16. The van der Waals surface area contributed by atoms with Crippen LogP contribution in [0.3, 0.4) is 0 Å². The monoisotopic (exact) mass is 678 g/mol. The van der Waals surface area contributed by atoms with Gasteiger partial charge in [-0.05, 0) is 59.7 Å². The minimum absolute atomic E-state index is 0.0681. The van der Waals surface area contributed by atoms with E-state index in [4.69, 9.17) is 31.8 Å². The Morgan fingerprint density at radius 1 is 0.617 bits per heavy atom. The third kappa shape index (κ3) is 9.16. The van der Waals surface area contributed by atoms with Gasteiger partial charge in [0.05, 0.1) is 23.0 Å². The molecule has 0 atom stereocenters. The lowest BCUT2D eigenvalue weighted by Gasteiger charge is -2.18. The normalized spacial score (nSPS) is 11.8. The quantitative estimate of drug-likeness (QED) is 0.0782. The average Bonchev–Trinajstić information content (AvgIpc) is 3.06. The van der Waals surface area contributed by atoms with E-state index >= 15 is 0 Å². The third-order valence-corrected chi connectivity index (χ3v) is 10.8. The molecule has 0 aliphatic rings. The minimum atomic E-state index is -3.77. The Bertz CT molecular complexity index is 1790. The van der Waals surface area contributed by atoms with Crippen molar-refractivity contribution in [1.82, 2.24) is 8.61 Å². The van der Waals surface area contributed by atoms with Crippen LogP contribution in [0.15, 0.2) is 107 Å². The molecule has 0 saturated heterocycles. The Hall–Kier alpha value is -4.76. The van der Waals surface area contributed by atoms with Crippen molar-refractivity contribution in [1.29, 1.82) is 10.8 Å². The Morgan fingerprint density at radius 3 is 1.32 bits per heavy atom. The topological polar surface area (TPSA) is 193 Å². The maximum absolute atomic E-state index is 13.0. The molecule has 4 rings (SSSR count). The molecule has 12 nitrogen and oxygen atoms in total. The van der Waals surface area contributed by atoms with Gasteiger partial charge in [-0.25, -0.2) is 16.8 Å². The van der Waals surface area contributed by atoms with Crippen molar-refractivity contribution in [2.45, 2.75) is 29.3 Å². The van der Waals surface area contributed by atoms with Crippen molar-refractivity contribution < 1.29 is 26.3 Å². The Morgan fingerprint density at radius 2 is 0.979 bits per heavy atom. The number of nitrogens with zero attached hydrogens (tertiary/aromatic N) is 2. The van der Waals surface area contributed by atoms with Crippen LogP contribution in [-0.2, 0) is 33.1 Å². The summed E-state index contributed by atoms with van der Waals surface area (Å²) in [6.07, 6.45) is 0.615. The molecule has 0 bridgehead atoms. The van der Waals surface area contributed by atoms with Gasteiger partial charge in [-0.2, -0.15) is 8.61 Å². The highest BCUT2D eigenvalue weighted by molar-refractivity contribution is 7.89. The van der Waals surface area contributed by atoms with Crippen LogP contribution in [0, 0.1) is 10.8 Å². The lowest BCUT2D eigenvalue weighted by Crippen LogP contribution is -2.26. The molecule has 0 aliphatic heterocycles. The van der Waals surface area contributed by atoms with Crippen LogP contribution in [0.25, 0.3) is 0 Å². The summed E-state index contributed by atoms with van der Waals surface area (Å²) in [5.74, 6) is 0.886. The Labute approximate surface area is 275 Å². The van der Waals surface area contributed by atoms with E-state index in [1.807, 2.05) is 0 Å². The fourth-order valence-corrected chi connectivity index (χ4v) is 6.92. The molecule has 4 aromatic rings. The molecule has 0 aliphatic carbocycles. The summed E-state index contributed by atoms with van der Waals surface area (Å²) in [4.78, 5) is 0.136. The fourth-order valence-electron chi connectivity index (χ4n) is 4.51. The highest BCUT2D eigenvalue weighted by atomic mass is 32.2. The number of amidine groups is 2. The maximum Gasteiger partial charge on any atom is 0.243 e. The molecule has 0 heterocycles. The molecule has 0 amide bonds. The van der Waals surface area contributed by atoms with Gasteiger partial charge in [0.1, 0.15) is 23.2 Å². The average molecular weight is 679 g/mol. The molecule has 14 heteroatoms. The summed E-state index contributed by atoms with van der Waals surface area (Å²) < 4.78 is 66.1. The molecule has 248 valence electrons. The number of sulfonamides is 2. The van der Waals surface area contributed by atoms with E-state index in [1.54, 1.807) is 72.8 Å². The summed E-state index contributed by atoms with van der Waals surface area (Å²) >= 11 is 0. The van der Waals surface area contributed by atoms with Crippen molar-refractivity contribution >= 4 is 31.7 Å². The SMILES string of the molecule is CN(Cc1ccc(OCCCOc2ccc(CN(C)S(=O)(=O)c3cccc(C(=N)N)c3)cc2)cc1)S(=O)(=O)c1cccc(C(=N)N)c1. The number of benzene rings is 4. The predicted octanol–water partition coefficient (Wildman–Crippen LogP) is 3.74. The highest BCUT2D eigenvalue weighted by Crippen LogP contribution is 2.21. The van der Waals surface area contributed by atoms with Gasteiger partial charge in [0.15, 0.2) is 0 Å². The number of nitrogen functional groups attached to an aromatic ring is 2. The summed E-state index contributed by atoms with van der Waals surface area (Å²) in [6.45, 7) is 1.12. The van der Waals surface area contributed by atoms with Crippen LogP contribution in [-0.4, -0.2) is 64.4 Å². The van der Waals surface area contributed by atoms with Crippen molar-refractivity contribution in [2.24, 2.45) is 11.5 Å². The van der Waals surface area contributed by atoms with Gasteiger partial charge >= 0.3 is 0 Å². The first-order chi connectivity index (χ1) is 22.3. The number of hydrogen-bond donors (Lipinski definition) is 4. The number of ether oxygens (including phenoxy) is 2. The van der Waals surface area contributed by atoms with Crippen LogP contribution in [0.5, 0.6) is 11.5 Å². The molecule has 0 spiro atoms. The standard InChI is InChI=1S/C33H38N6O6S2/c1-38(46(40,41)30-8-3-6-26(20-30)32(34)35)22-24-10-14-28(15-11-24)44-18-5-19-45-29-16-12-25(13-17-29)23-39(2)47(42,43)31-9-4-7-27(21-31)33(36)37/h3-4,6-17,20-21H,5,18-19,22-23H2,1-2H3,(H3,34,35)(H3,36,37). The van der Waals surface area contributed by atoms with Crippen molar-refractivity contribution in [3.8, 4) is 11.5 Å². The molecule has 4 aromatic carbocycles. The minimum Gasteiger partial charge on any atom is -0.493 e. The van der Waals surface area contributed by atoms with Gasteiger partial charge in [-0.3, -0.25) is 10.8 Å². The number of nitrogens with two attached hydrogens (primary N) is 2. The van der Waals surface area contributed by atoms with E-state index < -0.39 is 20.0 Å². The van der Waals surface area contributed by atoms with Gasteiger partial charge in [-0.15, -0.1) is 0 Å². The van der Waals surface area contributed by atoms with Crippen LogP contribution >= 0.6 is 0 Å². The van der Waals surface area contributed by atoms with Crippen LogP contribution in [0.1, 0.15) is 28.7 Å². The second-order valence-electron chi connectivity index (χ2n) is 10.7. The van der Waals surface area contributed by atoms with Crippen LogP contribution in [0.2, 0.25) is 0 Å². The summed E-state index contributed by atoms with van der Waals surface area (Å²) in [5.41, 5.74) is 13.3. The zero-order valence-electron chi connectivity index (χ0n) is 26.1. The van der Waals surface area contributed by atoms with E-state index in [9.17, 15) is 16.8 Å². The maximum atomic E-state index is 13.0. The van der Waals surface area contributed by atoms with Crippen molar-refractivity contribution in [2.75, 3.05) is 27.3 Å². The lowest BCUT2D eigenvalue weighted by atomic mass is 10.2. The molecule has 47 heavy (non-hydrogen) atoms. The van der Waals surface area contributed by atoms with E-state index in [0.717, 1.165) is 11.1 Å². The number of hydrogen-bond acceptors (Lipinski definition) is 8. The first-order valence-corrected chi connectivity index (χ1v) is 17.4. The van der Waals surface area contributed by atoms with Crippen molar-refractivity contribution in [3.05, 3.63) is 119 Å². The summed E-state index contributed by atoms with van der Waals surface area (Å²) in [7, 11) is -4.56. The van der Waals surface area contributed by atoms with Gasteiger partial charge in [-0.1, -0.05) is 48.5 Å². The van der Waals surface area contributed by atoms with E-state index in [2.05, 4.69) is 0 Å². The highest BCUT2D eigenvalue weighted by Gasteiger charge is 2.23. The molecular formula is C33H38N6O6S2. The summed E-state index contributed by atoms with van der Waals surface area (Å²) in [5, 5.41) is 15.1.